The van der Waals surface area contributed by atoms with Crippen LogP contribution >= 0.6 is 22.7 Å². The number of fused-ring (bicyclic) bond motifs is 2. The quantitative estimate of drug-likeness (QED) is 0.252. The molecule has 0 saturated carbocycles. The monoisotopic (exact) mass is 539 g/mol. The molecule has 190 valence electrons. The lowest BCUT2D eigenvalue weighted by Crippen LogP contribution is -2.35. The van der Waals surface area contributed by atoms with Crippen LogP contribution in [-0.2, 0) is 17.7 Å². The second-order valence-corrected chi connectivity index (χ2v) is 11.1. The third-order valence-corrected chi connectivity index (χ3v) is 8.76. The van der Waals surface area contributed by atoms with Gasteiger partial charge < -0.3 is 15.0 Å². The van der Waals surface area contributed by atoms with Crippen LogP contribution < -0.4 is 5.32 Å². The van der Waals surface area contributed by atoms with E-state index in [0.717, 1.165) is 47.4 Å². The summed E-state index contributed by atoms with van der Waals surface area (Å²) in [5.41, 5.74) is 5.79. The van der Waals surface area contributed by atoms with E-state index in [1.807, 2.05) is 67.6 Å². The van der Waals surface area contributed by atoms with Gasteiger partial charge in [-0.1, -0.05) is 54.6 Å². The Kier molecular flexibility index (Phi) is 6.66. The minimum Gasteiger partial charge on any atom is -0.450 e. The van der Waals surface area contributed by atoms with Crippen molar-refractivity contribution in [2.45, 2.75) is 19.9 Å². The Balaban J connectivity index is 1.34. The summed E-state index contributed by atoms with van der Waals surface area (Å²) in [5.74, 6) is -0.173. The molecule has 1 N–H and O–H groups in total. The standard InChI is InChI=1S/C30H25N3O3S2/c1-2-36-30(35)33-17-16-22-25(18-33)38-29(26(22)28-31-23-10-6-7-11-24(23)37-28)32-27(34)21-14-12-20(13-15-21)19-8-4-3-5-9-19/h3-15H,2,16-18H2,1H3,(H,32,34). The van der Waals surface area contributed by atoms with Gasteiger partial charge in [0.1, 0.15) is 10.0 Å². The van der Waals surface area contributed by atoms with Crippen LogP contribution in [0.4, 0.5) is 9.80 Å². The van der Waals surface area contributed by atoms with Gasteiger partial charge in [0.05, 0.1) is 23.4 Å². The summed E-state index contributed by atoms with van der Waals surface area (Å²) in [6, 6.07) is 25.8. The molecule has 0 bridgehead atoms. The van der Waals surface area contributed by atoms with E-state index in [9.17, 15) is 9.59 Å². The third kappa shape index (κ3) is 4.68. The summed E-state index contributed by atoms with van der Waals surface area (Å²) in [7, 11) is 0. The van der Waals surface area contributed by atoms with Crippen LogP contribution in [0.3, 0.4) is 0 Å². The van der Waals surface area contributed by atoms with Crippen molar-refractivity contribution in [1.82, 2.24) is 9.88 Å². The number of benzene rings is 3. The smallest absolute Gasteiger partial charge is 0.410 e. The first-order chi connectivity index (χ1) is 18.6. The highest BCUT2D eigenvalue weighted by Gasteiger charge is 2.30. The fourth-order valence-electron chi connectivity index (χ4n) is 4.69. The fraction of sp³-hybridized carbons (Fsp3) is 0.167. The predicted octanol–water partition coefficient (Wildman–Crippen LogP) is 7.46. The number of ether oxygens (including phenoxy) is 1. The van der Waals surface area contributed by atoms with Gasteiger partial charge in [0, 0.05) is 22.5 Å². The van der Waals surface area contributed by atoms with Gasteiger partial charge in [-0.2, -0.15) is 0 Å². The third-order valence-electron chi connectivity index (χ3n) is 6.57. The van der Waals surface area contributed by atoms with E-state index in [4.69, 9.17) is 9.72 Å². The molecule has 0 aliphatic carbocycles. The first-order valence-electron chi connectivity index (χ1n) is 12.5. The predicted molar refractivity (Wildman–Crippen MR) is 154 cm³/mol. The Bertz CT molecular complexity index is 1590. The van der Waals surface area contributed by atoms with Gasteiger partial charge in [-0.15, -0.1) is 22.7 Å². The molecule has 5 aromatic rings. The Labute approximate surface area is 228 Å². The SMILES string of the molecule is CCOC(=O)N1CCc2c(sc(NC(=O)c3ccc(-c4ccccc4)cc3)c2-c2nc3ccccc3s2)C1. The molecule has 3 aromatic carbocycles. The molecule has 0 atom stereocenters. The van der Waals surface area contributed by atoms with Gasteiger partial charge in [0.25, 0.3) is 5.91 Å². The summed E-state index contributed by atoms with van der Waals surface area (Å²) in [4.78, 5) is 33.5. The second-order valence-electron chi connectivity index (χ2n) is 8.96. The number of thiazole rings is 1. The molecule has 38 heavy (non-hydrogen) atoms. The average Bonchev–Trinajstić information content (AvgIpc) is 3.54. The number of amides is 2. The molecular weight excluding hydrogens is 514 g/mol. The molecular formula is C30H25N3O3S2. The highest BCUT2D eigenvalue weighted by Crippen LogP contribution is 2.46. The molecule has 1 aliphatic rings. The molecule has 6 nitrogen and oxygen atoms in total. The molecule has 0 unspecified atom stereocenters. The van der Waals surface area contributed by atoms with Crippen LogP contribution in [0.15, 0.2) is 78.9 Å². The molecule has 1 aliphatic heterocycles. The van der Waals surface area contributed by atoms with Crippen molar-refractivity contribution >= 4 is 49.9 Å². The molecule has 0 saturated heterocycles. The molecule has 2 aromatic heterocycles. The van der Waals surface area contributed by atoms with Crippen molar-refractivity contribution in [3.05, 3.63) is 94.9 Å². The Morgan fingerprint density at radius 1 is 0.947 bits per heavy atom. The number of carbonyl (C=O) groups excluding carboxylic acids is 2. The maximum Gasteiger partial charge on any atom is 0.410 e. The Hall–Kier alpha value is -4.01. The van der Waals surface area contributed by atoms with Crippen molar-refractivity contribution in [3.63, 3.8) is 0 Å². The zero-order valence-corrected chi connectivity index (χ0v) is 22.4. The first kappa shape index (κ1) is 24.3. The normalized spacial score (nSPS) is 12.8. The minimum atomic E-state index is -0.308. The van der Waals surface area contributed by atoms with Crippen LogP contribution in [0.2, 0.25) is 0 Å². The van der Waals surface area contributed by atoms with E-state index >= 15 is 0 Å². The van der Waals surface area contributed by atoms with Crippen LogP contribution in [0.25, 0.3) is 31.9 Å². The molecule has 2 amide bonds. The van der Waals surface area contributed by atoms with Gasteiger partial charge in [-0.25, -0.2) is 9.78 Å². The van der Waals surface area contributed by atoms with Crippen molar-refractivity contribution in [1.29, 1.82) is 0 Å². The summed E-state index contributed by atoms with van der Waals surface area (Å²) in [6.07, 6.45) is 0.370. The van der Waals surface area contributed by atoms with Crippen molar-refractivity contribution in [2.75, 3.05) is 18.5 Å². The van der Waals surface area contributed by atoms with Gasteiger partial charge in [0.15, 0.2) is 0 Å². The van der Waals surface area contributed by atoms with Crippen molar-refractivity contribution in [3.8, 4) is 21.7 Å². The number of aromatic nitrogens is 1. The first-order valence-corrected chi connectivity index (χ1v) is 14.1. The number of nitrogens with zero attached hydrogens (tertiary/aromatic N) is 2. The largest absolute Gasteiger partial charge is 0.450 e. The zero-order chi connectivity index (χ0) is 26.1. The Morgan fingerprint density at radius 3 is 2.45 bits per heavy atom. The van der Waals surface area contributed by atoms with Crippen LogP contribution in [-0.4, -0.2) is 35.0 Å². The number of rotatable bonds is 5. The summed E-state index contributed by atoms with van der Waals surface area (Å²) >= 11 is 3.13. The highest BCUT2D eigenvalue weighted by molar-refractivity contribution is 7.23. The number of hydrogen-bond donors (Lipinski definition) is 1. The maximum atomic E-state index is 13.4. The molecule has 6 rings (SSSR count). The molecule has 0 spiro atoms. The number of thiophene rings is 1. The average molecular weight is 540 g/mol. The number of para-hydroxylation sites is 1. The van der Waals surface area contributed by atoms with E-state index in [0.29, 0.717) is 31.7 Å². The van der Waals surface area contributed by atoms with E-state index in [1.54, 1.807) is 16.2 Å². The van der Waals surface area contributed by atoms with Crippen LogP contribution in [0.1, 0.15) is 27.7 Å². The molecule has 8 heteroatoms. The summed E-state index contributed by atoms with van der Waals surface area (Å²) < 4.78 is 6.33. The van der Waals surface area contributed by atoms with E-state index < -0.39 is 0 Å². The van der Waals surface area contributed by atoms with Gasteiger partial charge in [-0.3, -0.25) is 4.79 Å². The minimum absolute atomic E-state index is 0.173. The number of nitrogens with one attached hydrogen (secondary N) is 1. The lowest BCUT2D eigenvalue weighted by Gasteiger charge is -2.26. The van der Waals surface area contributed by atoms with Crippen molar-refractivity contribution in [2.24, 2.45) is 0 Å². The fourth-order valence-corrected chi connectivity index (χ4v) is 7.06. The molecule has 3 heterocycles. The van der Waals surface area contributed by atoms with Crippen LogP contribution in [0.5, 0.6) is 0 Å². The van der Waals surface area contributed by atoms with E-state index in [1.165, 1.54) is 11.3 Å². The van der Waals surface area contributed by atoms with E-state index in [2.05, 4.69) is 23.5 Å². The number of carbonyl (C=O) groups is 2. The molecule has 0 radical (unpaired) electrons. The van der Waals surface area contributed by atoms with Gasteiger partial charge >= 0.3 is 6.09 Å². The lowest BCUT2D eigenvalue weighted by atomic mass is 10.0. The topological polar surface area (TPSA) is 71.5 Å². The summed E-state index contributed by atoms with van der Waals surface area (Å²) in [5, 5.41) is 4.81. The highest BCUT2D eigenvalue weighted by atomic mass is 32.1. The Morgan fingerprint density at radius 2 is 1.68 bits per heavy atom. The van der Waals surface area contributed by atoms with Crippen molar-refractivity contribution < 1.29 is 14.3 Å². The van der Waals surface area contributed by atoms with E-state index in [-0.39, 0.29) is 12.0 Å². The number of hydrogen-bond acceptors (Lipinski definition) is 6. The second kappa shape index (κ2) is 10.4. The molecule has 0 fully saturated rings. The van der Waals surface area contributed by atoms with Gasteiger partial charge in [0.2, 0.25) is 0 Å². The number of anilines is 1. The summed E-state index contributed by atoms with van der Waals surface area (Å²) in [6.45, 7) is 3.17. The van der Waals surface area contributed by atoms with Gasteiger partial charge in [-0.05, 0) is 54.3 Å². The maximum absolute atomic E-state index is 13.4. The lowest BCUT2D eigenvalue weighted by molar-refractivity contribution is 0.102. The van der Waals surface area contributed by atoms with Crippen LogP contribution in [0, 0.1) is 0 Å². The zero-order valence-electron chi connectivity index (χ0n) is 20.8.